The molecule has 3 nitrogen and oxygen atoms in total. The summed E-state index contributed by atoms with van der Waals surface area (Å²) in [5.41, 5.74) is 4.55. The highest BCUT2D eigenvalue weighted by Gasteiger charge is 2.16. The standard InChI is InChI=1S/C16H16N2OS/c1-18(2)16(20)17-12-7-8-13-11(9-12)10-19-15-6-4-3-5-14(13)15/h3-9H,10H2,1-2H3,(H,17,20). The van der Waals surface area contributed by atoms with Crippen LogP contribution >= 0.6 is 12.2 Å². The van der Waals surface area contributed by atoms with Crippen molar-refractivity contribution in [1.82, 2.24) is 4.90 Å². The van der Waals surface area contributed by atoms with Crippen LogP contribution < -0.4 is 10.1 Å². The topological polar surface area (TPSA) is 24.5 Å². The molecule has 3 rings (SSSR count). The number of para-hydroxylation sites is 1. The highest BCUT2D eigenvalue weighted by Crippen LogP contribution is 2.38. The summed E-state index contributed by atoms with van der Waals surface area (Å²) in [4.78, 5) is 1.88. The Morgan fingerprint density at radius 2 is 1.95 bits per heavy atom. The lowest BCUT2D eigenvalue weighted by Crippen LogP contribution is -2.27. The molecule has 0 aromatic heterocycles. The van der Waals surface area contributed by atoms with Gasteiger partial charge in [0.1, 0.15) is 12.4 Å². The van der Waals surface area contributed by atoms with Crippen LogP contribution in [0, 0.1) is 0 Å². The lowest BCUT2D eigenvalue weighted by molar-refractivity contribution is 0.302. The van der Waals surface area contributed by atoms with Gasteiger partial charge < -0.3 is 15.0 Å². The zero-order valence-electron chi connectivity index (χ0n) is 11.5. The van der Waals surface area contributed by atoms with Crippen LogP contribution in [-0.2, 0) is 6.61 Å². The second-order valence-corrected chi connectivity index (χ2v) is 5.37. The van der Waals surface area contributed by atoms with Crippen molar-refractivity contribution in [3.63, 3.8) is 0 Å². The number of thiocarbonyl (C=S) groups is 1. The summed E-state index contributed by atoms with van der Waals surface area (Å²) in [6, 6.07) is 14.4. The maximum Gasteiger partial charge on any atom is 0.172 e. The molecule has 0 aliphatic carbocycles. The molecule has 102 valence electrons. The fourth-order valence-corrected chi connectivity index (χ4v) is 2.38. The quantitative estimate of drug-likeness (QED) is 0.810. The van der Waals surface area contributed by atoms with Crippen molar-refractivity contribution >= 4 is 23.0 Å². The number of hydrogen-bond donors (Lipinski definition) is 1. The average Bonchev–Trinajstić information content (AvgIpc) is 2.46. The third-order valence-electron chi connectivity index (χ3n) is 3.32. The van der Waals surface area contributed by atoms with Gasteiger partial charge in [0.25, 0.3) is 0 Å². The van der Waals surface area contributed by atoms with Gasteiger partial charge in [0, 0.05) is 25.3 Å². The molecule has 0 amide bonds. The van der Waals surface area contributed by atoms with E-state index in [1.165, 1.54) is 11.1 Å². The van der Waals surface area contributed by atoms with Crippen molar-refractivity contribution in [2.24, 2.45) is 0 Å². The molecule has 1 heterocycles. The van der Waals surface area contributed by atoms with Crippen LogP contribution in [0.2, 0.25) is 0 Å². The molecule has 4 heteroatoms. The number of hydrogen-bond acceptors (Lipinski definition) is 2. The predicted molar refractivity (Wildman–Crippen MR) is 86.1 cm³/mol. The first kappa shape index (κ1) is 12.9. The summed E-state index contributed by atoms with van der Waals surface area (Å²) in [7, 11) is 3.85. The van der Waals surface area contributed by atoms with Crippen molar-refractivity contribution in [1.29, 1.82) is 0 Å². The smallest absolute Gasteiger partial charge is 0.172 e. The molecule has 0 fully saturated rings. The number of ether oxygens (including phenoxy) is 1. The van der Waals surface area contributed by atoms with Gasteiger partial charge in [-0.1, -0.05) is 24.3 Å². The molecular formula is C16H16N2OS. The van der Waals surface area contributed by atoms with Gasteiger partial charge in [-0.2, -0.15) is 0 Å². The van der Waals surface area contributed by atoms with E-state index in [1.807, 2.05) is 37.2 Å². The number of benzene rings is 2. The molecule has 0 unspecified atom stereocenters. The van der Waals surface area contributed by atoms with Crippen molar-refractivity contribution in [2.75, 3.05) is 19.4 Å². The van der Waals surface area contributed by atoms with Gasteiger partial charge in [-0.3, -0.25) is 0 Å². The third-order valence-corrected chi connectivity index (χ3v) is 3.79. The van der Waals surface area contributed by atoms with Crippen LogP contribution in [0.25, 0.3) is 11.1 Å². The fraction of sp³-hybridized carbons (Fsp3) is 0.188. The van der Waals surface area contributed by atoms with E-state index >= 15 is 0 Å². The highest BCUT2D eigenvalue weighted by molar-refractivity contribution is 7.80. The third kappa shape index (κ3) is 2.34. The predicted octanol–water partition coefficient (Wildman–Crippen LogP) is 3.50. The van der Waals surface area contributed by atoms with Gasteiger partial charge in [-0.15, -0.1) is 0 Å². The molecule has 1 N–H and O–H groups in total. The van der Waals surface area contributed by atoms with Gasteiger partial charge >= 0.3 is 0 Å². The molecule has 2 aromatic carbocycles. The fourth-order valence-electron chi connectivity index (χ4n) is 2.26. The molecule has 0 saturated carbocycles. The molecule has 0 spiro atoms. The van der Waals surface area contributed by atoms with Crippen LogP contribution in [0.3, 0.4) is 0 Å². The molecule has 0 bridgehead atoms. The highest BCUT2D eigenvalue weighted by atomic mass is 32.1. The van der Waals surface area contributed by atoms with Gasteiger partial charge in [-0.05, 0) is 41.5 Å². The van der Waals surface area contributed by atoms with Crippen molar-refractivity contribution in [3.8, 4) is 16.9 Å². The molecule has 20 heavy (non-hydrogen) atoms. The first-order valence-electron chi connectivity index (χ1n) is 6.48. The van der Waals surface area contributed by atoms with E-state index in [9.17, 15) is 0 Å². The first-order chi connectivity index (χ1) is 9.65. The van der Waals surface area contributed by atoms with Crippen LogP contribution in [0.5, 0.6) is 5.75 Å². The van der Waals surface area contributed by atoms with E-state index in [0.717, 1.165) is 17.0 Å². The summed E-state index contributed by atoms with van der Waals surface area (Å²) >= 11 is 5.26. The normalized spacial score (nSPS) is 11.9. The molecule has 1 aliphatic heterocycles. The maximum atomic E-state index is 5.79. The minimum Gasteiger partial charge on any atom is -0.488 e. The average molecular weight is 284 g/mol. The van der Waals surface area contributed by atoms with E-state index in [4.69, 9.17) is 17.0 Å². The minimum absolute atomic E-state index is 0.594. The number of anilines is 1. The molecular weight excluding hydrogens is 268 g/mol. The zero-order chi connectivity index (χ0) is 14.1. The van der Waals surface area contributed by atoms with Gasteiger partial charge in [0.2, 0.25) is 0 Å². The van der Waals surface area contributed by atoms with Crippen LogP contribution in [-0.4, -0.2) is 24.1 Å². The zero-order valence-corrected chi connectivity index (χ0v) is 12.3. The number of rotatable bonds is 1. The van der Waals surface area contributed by atoms with Crippen molar-refractivity contribution in [2.45, 2.75) is 6.61 Å². The van der Waals surface area contributed by atoms with Crippen LogP contribution in [0.4, 0.5) is 5.69 Å². The molecule has 0 radical (unpaired) electrons. The van der Waals surface area contributed by atoms with E-state index in [0.29, 0.717) is 11.7 Å². The Morgan fingerprint density at radius 3 is 2.75 bits per heavy atom. The minimum atomic E-state index is 0.594. The number of nitrogens with zero attached hydrogens (tertiary/aromatic N) is 1. The molecule has 0 saturated heterocycles. The summed E-state index contributed by atoms with van der Waals surface area (Å²) in [5, 5.41) is 3.91. The van der Waals surface area contributed by atoms with E-state index < -0.39 is 0 Å². The Bertz CT molecular complexity index is 667. The van der Waals surface area contributed by atoms with Crippen LogP contribution in [0.15, 0.2) is 42.5 Å². The van der Waals surface area contributed by atoms with E-state index in [-0.39, 0.29) is 0 Å². The lowest BCUT2D eigenvalue weighted by Gasteiger charge is -2.22. The maximum absolute atomic E-state index is 5.79. The first-order valence-corrected chi connectivity index (χ1v) is 6.89. The lowest BCUT2D eigenvalue weighted by atomic mass is 9.96. The molecule has 1 aliphatic rings. The summed E-state index contributed by atoms with van der Waals surface area (Å²) in [5.74, 6) is 0.949. The van der Waals surface area contributed by atoms with E-state index in [1.54, 1.807) is 0 Å². The second-order valence-electron chi connectivity index (χ2n) is 4.98. The Hall–Kier alpha value is -2.07. The second kappa shape index (κ2) is 5.13. The molecule has 2 aromatic rings. The van der Waals surface area contributed by atoms with Gasteiger partial charge in [-0.25, -0.2) is 0 Å². The summed E-state index contributed by atoms with van der Waals surface area (Å²) < 4.78 is 5.79. The number of nitrogens with one attached hydrogen (secondary N) is 1. The Morgan fingerprint density at radius 1 is 1.15 bits per heavy atom. The summed E-state index contributed by atoms with van der Waals surface area (Å²) in [6.07, 6.45) is 0. The SMILES string of the molecule is CN(C)C(=S)Nc1ccc2c(c1)COc1ccccc1-2. The Balaban J connectivity index is 1.94. The number of fused-ring (bicyclic) bond motifs is 3. The summed E-state index contributed by atoms with van der Waals surface area (Å²) in [6.45, 7) is 0.594. The van der Waals surface area contributed by atoms with Gasteiger partial charge in [0.15, 0.2) is 5.11 Å². The van der Waals surface area contributed by atoms with Gasteiger partial charge in [0.05, 0.1) is 0 Å². The van der Waals surface area contributed by atoms with Crippen LogP contribution in [0.1, 0.15) is 5.56 Å². The monoisotopic (exact) mass is 284 g/mol. The largest absolute Gasteiger partial charge is 0.488 e. The van der Waals surface area contributed by atoms with E-state index in [2.05, 4.69) is 29.6 Å². The molecule has 0 atom stereocenters. The van der Waals surface area contributed by atoms with Crippen molar-refractivity contribution in [3.05, 3.63) is 48.0 Å². The Labute approximate surface area is 124 Å². The van der Waals surface area contributed by atoms with Crippen molar-refractivity contribution < 1.29 is 4.74 Å². The Kier molecular flexibility index (Phi) is 3.32.